The lowest BCUT2D eigenvalue weighted by molar-refractivity contribution is -0.137. The maximum absolute atomic E-state index is 13.1. The number of aryl methyl sites for hydroxylation is 1. The minimum Gasteiger partial charge on any atom is -0.353 e. The molecule has 1 aromatic carbocycles. The number of hydrogen-bond donors (Lipinski definition) is 3. The van der Waals surface area contributed by atoms with Crippen LogP contribution in [0.1, 0.15) is 36.1 Å². The van der Waals surface area contributed by atoms with E-state index in [4.69, 9.17) is 0 Å². The molecular formula is C21H24F3N5O2. The molecule has 2 aromatic rings. The topological polar surface area (TPSA) is 90.1 Å². The van der Waals surface area contributed by atoms with Gasteiger partial charge in [-0.05, 0) is 44.2 Å². The van der Waals surface area contributed by atoms with Crippen LogP contribution in [0.2, 0.25) is 0 Å². The molecule has 0 saturated carbocycles. The quantitative estimate of drug-likeness (QED) is 0.672. The van der Waals surface area contributed by atoms with Gasteiger partial charge < -0.3 is 10.6 Å². The summed E-state index contributed by atoms with van der Waals surface area (Å²) in [5, 5.41) is 5.65. The number of carbonyl (C=O) groups excluding carboxylic acids is 1. The van der Waals surface area contributed by atoms with Crippen LogP contribution in [-0.2, 0) is 23.8 Å². The summed E-state index contributed by atoms with van der Waals surface area (Å²) in [6.07, 6.45) is -0.533. The van der Waals surface area contributed by atoms with Crippen LogP contribution < -0.4 is 16.2 Å². The van der Waals surface area contributed by atoms with Crippen LogP contribution in [0.15, 0.2) is 29.1 Å². The number of rotatable bonds is 5. The first kappa shape index (κ1) is 21.4. The second kappa shape index (κ2) is 8.70. The molecule has 4 rings (SSSR count). The minimum absolute atomic E-state index is 0.0207. The van der Waals surface area contributed by atoms with Crippen LogP contribution in [0.5, 0.6) is 0 Å². The number of nitrogens with zero attached hydrogens (tertiary/aromatic N) is 2. The number of para-hydroxylation sites is 1. The first-order chi connectivity index (χ1) is 14.8. The number of likely N-dealkylation sites (tertiary alicyclic amines) is 1. The maximum atomic E-state index is 13.1. The van der Waals surface area contributed by atoms with Crippen LogP contribution in [0.25, 0.3) is 0 Å². The van der Waals surface area contributed by atoms with Gasteiger partial charge in [0.2, 0.25) is 11.9 Å². The van der Waals surface area contributed by atoms with Crippen LogP contribution in [-0.4, -0.2) is 46.5 Å². The molecule has 3 N–H and O–H groups in total. The summed E-state index contributed by atoms with van der Waals surface area (Å²) in [6, 6.07) is 5.05. The van der Waals surface area contributed by atoms with Gasteiger partial charge in [-0.1, -0.05) is 12.1 Å². The number of aromatic nitrogens is 2. The maximum Gasteiger partial charge on any atom is 0.418 e. The Morgan fingerprint density at radius 2 is 1.94 bits per heavy atom. The van der Waals surface area contributed by atoms with Gasteiger partial charge in [-0.3, -0.25) is 19.5 Å². The number of halogens is 3. The highest BCUT2D eigenvalue weighted by molar-refractivity contribution is 5.93. The monoisotopic (exact) mass is 435 g/mol. The summed E-state index contributed by atoms with van der Waals surface area (Å²) in [7, 11) is 0. The second-order valence-corrected chi connectivity index (χ2v) is 7.98. The molecule has 1 aromatic heterocycles. The molecule has 1 fully saturated rings. The predicted octanol–water partition coefficient (Wildman–Crippen LogP) is 2.79. The van der Waals surface area contributed by atoms with Crippen molar-refractivity contribution in [1.82, 2.24) is 14.9 Å². The zero-order chi connectivity index (χ0) is 22.0. The lowest BCUT2D eigenvalue weighted by atomic mass is 10.1. The first-order valence-electron chi connectivity index (χ1n) is 10.4. The molecule has 0 bridgehead atoms. The van der Waals surface area contributed by atoms with E-state index in [-0.39, 0.29) is 23.8 Å². The third-order valence-electron chi connectivity index (χ3n) is 5.74. The fraction of sp³-hybridized carbons (Fsp3) is 0.476. The number of alkyl halides is 3. The van der Waals surface area contributed by atoms with Crippen molar-refractivity contribution >= 4 is 17.5 Å². The molecule has 0 radical (unpaired) electrons. The number of carbonyl (C=O) groups is 1. The largest absolute Gasteiger partial charge is 0.418 e. The fourth-order valence-corrected chi connectivity index (χ4v) is 4.17. The van der Waals surface area contributed by atoms with E-state index >= 15 is 0 Å². The summed E-state index contributed by atoms with van der Waals surface area (Å²) in [6.45, 7) is 1.25. The average molecular weight is 435 g/mol. The molecule has 0 spiro atoms. The average Bonchev–Trinajstić information content (AvgIpc) is 3.18. The van der Waals surface area contributed by atoms with Crippen molar-refractivity contribution in [2.75, 3.05) is 30.3 Å². The van der Waals surface area contributed by atoms with Crippen molar-refractivity contribution in [3.8, 4) is 0 Å². The first-order valence-corrected chi connectivity index (χ1v) is 10.4. The van der Waals surface area contributed by atoms with Gasteiger partial charge in [-0.2, -0.15) is 13.2 Å². The van der Waals surface area contributed by atoms with Crippen LogP contribution in [0.3, 0.4) is 0 Å². The highest BCUT2D eigenvalue weighted by Crippen LogP contribution is 2.34. The van der Waals surface area contributed by atoms with Gasteiger partial charge >= 0.3 is 6.18 Å². The molecule has 31 heavy (non-hydrogen) atoms. The van der Waals surface area contributed by atoms with E-state index < -0.39 is 17.6 Å². The van der Waals surface area contributed by atoms with Crippen LogP contribution >= 0.6 is 0 Å². The lowest BCUT2D eigenvalue weighted by Crippen LogP contribution is -2.43. The standard InChI is InChI=1S/C21H24F3N5O2/c22-21(23,24)15-5-1-2-6-17(15)26-18(30)12-29-10-8-13(9-11-29)25-20-27-16-7-3-4-14(16)19(31)28-20/h1-2,5-6,13H,3-4,7-12H2,(H,26,30)(H2,25,27,28,31). The van der Waals surface area contributed by atoms with E-state index in [2.05, 4.69) is 20.6 Å². The van der Waals surface area contributed by atoms with E-state index in [1.807, 2.05) is 4.90 Å². The Hall–Kier alpha value is -2.88. The van der Waals surface area contributed by atoms with Gasteiger partial charge in [0.1, 0.15) is 0 Å². The van der Waals surface area contributed by atoms with E-state index in [9.17, 15) is 22.8 Å². The molecular weight excluding hydrogens is 411 g/mol. The minimum atomic E-state index is -4.53. The Morgan fingerprint density at radius 1 is 1.19 bits per heavy atom. The van der Waals surface area contributed by atoms with Crippen molar-refractivity contribution in [2.45, 2.75) is 44.3 Å². The highest BCUT2D eigenvalue weighted by Gasteiger charge is 2.33. The molecule has 1 aliphatic heterocycles. The van der Waals surface area contributed by atoms with Crippen molar-refractivity contribution < 1.29 is 18.0 Å². The molecule has 2 aliphatic rings. The van der Waals surface area contributed by atoms with Gasteiger partial charge in [0.15, 0.2) is 0 Å². The Labute approximate surface area is 177 Å². The second-order valence-electron chi connectivity index (χ2n) is 7.98. The van der Waals surface area contributed by atoms with Crippen molar-refractivity contribution in [2.24, 2.45) is 0 Å². The fourth-order valence-electron chi connectivity index (χ4n) is 4.17. The molecule has 1 amide bonds. The summed E-state index contributed by atoms with van der Waals surface area (Å²) < 4.78 is 39.2. The Balaban J connectivity index is 1.29. The number of hydrogen-bond acceptors (Lipinski definition) is 5. The summed E-state index contributed by atoms with van der Waals surface area (Å²) in [4.78, 5) is 33.6. The van der Waals surface area contributed by atoms with Crippen LogP contribution in [0, 0.1) is 0 Å². The molecule has 0 unspecified atom stereocenters. The molecule has 2 heterocycles. The van der Waals surface area contributed by atoms with Crippen molar-refractivity contribution in [3.63, 3.8) is 0 Å². The third-order valence-corrected chi connectivity index (χ3v) is 5.74. The number of H-pyrrole nitrogens is 1. The van der Waals surface area contributed by atoms with Gasteiger partial charge in [-0.25, -0.2) is 4.98 Å². The Bertz CT molecular complexity index is 1010. The third kappa shape index (κ3) is 5.07. The number of amides is 1. The van der Waals surface area contributed by atoms with Gasteiger partial charge in [0, 0.05) is 24.7 Å². The Kier molecular flexibility index (Phi) is 5.99. The number of anilines is 2. The number of piperidine rings is 1. The normalized spacial score (nSPS) is 17.4. The van der Waals surface area contributed by atoms with E-state index in [1.165, 1.54) is 18.2 Å². The Morgan fingerprint density at radius 3 is 2.68 bits per heavy atom. The number of aromatic amines is 1. The lowest BCUT2D eigenvalue weighted by Gasteiger charge is -2.32. The molecule has 10 heteroatoms. The molecule has 166 valence electrons. The van der Waals surface area contributed by atoms with Crippen molar-refractivity contribution in [1.29, 1.82) is 0 Å². The number of benzene rings is 1. The van der Waals surface area contributed by atoms with Gasteiger partial charge in [0.05, 0.1) is 23.5 Å². The molecule has 7 nitrogen and oxygen atoms in total. The highest BCUT2D eigenvalue weighted by atomic mass is 19.4. The number of nitrogens with one attached hydrogen (secondary N) is 3. The molecule has 1 aliphatic carbocycles. The summed E-state index contributed by atoms with van der Waals surface area (Å²) >= 11 is 0. The molecule has 0 atom stereocenters. The van der Waals surface area contributed by atoms with E-state index in [1.54, 1.807) is 0 Å². The number of fused-ring (bicyclic) bond motifs is 1. The van der Waals surface area contributed by atoms with Gasteiger partial charge in [0.25, 0.3) is 5.56 Å². The molecule has 1 saturated heterocycles. The van der Waals surface area contributed by atoms with E-state index in [0.717, 1.165) is 49.4 Å². The van der Waals surface area contributed by atoms with Gasteiger partial charge in [-0.15, -0.1) is 0 Å². The smallest absolute Gasteiger partial charge is 0.353 e. The van der Waals surface area contributed by atoms with Crippen molar-refractivity contribution in [3.05, 3.63) is 51.4 Å². The predicted molar refractivity (Wildman–Crippen MR) is 110 cm³/mol. The SMILES string of the molecule is O=C(CN1CCC(Nc2nc3c(c(=O)[nH]2)CCC3)CC1)Nc1ccccc1C(F)(F)F. The zero-order valence-electron chi connectivity index (χ0n) is 16.9. The summed E-state index contributed by atoms with van der Waals surface area (Å²) in [5.74, 6) is -0.00155. The summed E-state index contributed by atoms with van der Waals surface area (Å²) in [5.41, 5.74) is 0.460. The van der Waals surface area contributed by atoms with Crippen LogP contribution in [0.4, 0.5) is 24.8 Å². The zero-order valence-corrected chi connectivity index (χ0v) is 16.9. The van der Waals surface area contributed by atoms with E-state index in [0.29, 0.717) is 19.0 Å².